The van der Waals surface area contributed by atoms with Gasteiger partial charge >= 0.3 is 5.97 Å². The molecule has 2 saturated heterocycles. The highest BCUT2D eigenvalue weighted by Crippen LogP contribution is 2.27. The Bertz CT molecular complexity index is 1330. The second-order valence-corrected chi connectivity index (χ2v) is 21.9. The fourth-order valence-corrected chi connectivity index (χ4v) is 9.92. The van der Waals surface area contributed by atoms with Crippen molar-refractivity contribution in [3.63, 3.8) is 0 Å². The SMILES string of the molecule is CCCCCCCC/C=C\CCCCCCCCCCOCC(COC1OC(COC2OC(CO)C(O)C(O)C2O)C(O)C(O)C1O)OC(=O)CCCCCCCCCCCCC/C=C\CCCCCCCCCC. The van der Waals surface area contributed by atoms with E-state index in [1.165, 1.54) is 193 Å². The van der Waals surface area contributed by atoms with Crippen molar-refractivity contribution < 1.29 is 69.0 Å². The molecule has 0 radical (unpaired) electrons. The smallest absolute Gasteiger partial charge is 0.306 e. The Balaban J connectivity index is 1.69. The van der Waals surface area contributed by atoms with E-state index in [0.29, 0.717) is 13.0 Å². The number of aliphatic hydroxyl groups excluding tert-OH is 7. The van der Waals surface area contributed by atoms with E-state index in [2.05, 4.69) is 38.2 Å². The van der Waals surface area contributed by atoms with Crippen LogP contribution in [0.4, 0.5) is 0 Å². The second-order valence-electron chi connectivity index (χ2n) is 21.9. The van der Waals surface area contributed by atoms with Crippen molar-refractivity contribution in [1.82, 2.24) is 0 Å². The van der Waals surface area contributed by atoms with Gasteiger partial charge in [0, 0.05) is 13.0 Å². The predicted molar refractivity (Wildman–Crippen MR) is 298 cm³/mol. The number of carbonyl (C=O) groups is 1. The lowest BCUT2D eigenvalue weighted by molar-refractivity contribution is -0.332. The Morgan fingerprint density at radius 2 is 0.787 bits per heavy atom. The average Bonchev–Trinajstić information content (AvgIpc) is 3.41. The summed E-state index contributed by atoms with van der Waals surface area (Å²) >= 11 is 0. The van der Waals surface area contributed by atoms with Crippen LogP contribution >= 0.6 is 0 Å². The number of allylic oxidation sites excluding steroid dienone is 4. The maximum absolute atomic E-state index is 13.1. The van der Waals surface area contributed by atoms with E-state index in [0.717, 1.165) is 38.5 Å². The molecule has 2 aliphatic rings. The molecule has 0 aromatic carbocycles. The summed E-state index contributed by atoms with van der Waals surface area (Å²) in [7, 11) is 0. The molecule has 14 nitrogen and oxygen atoms in total. The van der Waals surface area contributed by atoms with Gasteiger partial charge in [-0.3, -0.25) is 4.79 Å². The van der Waals surface area contributed by atoms with Crippen LogP contribution in [-0.4, -0.2) is 142 Å². The maximum atomic E-state index is 13.1. The van der Waals surface area contributed by atoms with Gasteiger partial charge in [-0.15, -0.1) is 0 Å². The van der Waals surface area contributed by atoms with Crippen molar-refractivity contribution in [3.05, 3.63) is 24.3 Å². The summed E-state index contributed by atoms with van der Waals surface area (Å²) in [6, 6.07) is 0. The maximum Gasteiger partial charge on any atom is 0.306 e. The summed E-state index contributed by atoms with van der Waals surface area (Å²) in [5, 5.41) is 72.4. The van der Waals surface area contributed by atoms with Crippen LogP contribution in [0.3, 0.4) is 0 Å². The number of carbonyl (C=O) groups excluding carboxylic acids is 1. The van der Waals surface area contributed by atoms with Gasteiger partial charge in [0.1, 0.15) is 54.9 Å². The van der Waals surface area contributed by atoms with Crippen molar-refractivity contribution in [2.75, 3.05) is 33.0 Å². The van der Waals surface area contributed by atoms with Gasteiger partial charge in [0.2, 0.25) is 0 Å². The molecule has 14 heteroatoms. The van der Waals surface area contributed by atoms with Crippen LogP contribution in [0.15, 0.2) is 24.3 Å². The minimum Gasteiger partial charge on any atom is -0.457 e. The zero-order valence-corrected chi connectivity index (χ0v) is 47.6. The van der Waals surface area contributed by atoms with Crippen LogP contribution in [0.25, 0.3) is 0 Å². The molecule has 2 aliphatic heterocycles. The first kappa shape index (κ1) is 69.6. The number of hydrogen-bond donors (Lipinski definition) is 7. The molecular weight excluding hydrogens is 957 g/mol. The molecule has 0 bridgehead atoms. The van der Waals surface area contributed by atoms with Gasteiger partial charge in [-0.25, -0.2) is 0 Å². The van der Waals surface area contributed by atoms with Gasteiger partial charge in [-0.1, -0.05) is 212 Å². The number of aliphatic hydroxyl groups is 7. The highest BCUT2D eigenvalue weighted by molar-refractivity contribution is 5.69. The van der Waals surface area contributed by atoms with Gasteiger partial charge in [0.15, 0.2) is 12.6 Å². The summed E-state index contributed by atoms with van der Waals surface area (Å²) in [6.45, 7) is 3.73. The van der Waals surface area contributed by atoms with Crippen LogP contribution in [0.5, 0.6) is 0 Å². The largest absolute Gasteiger partial charge is 0.457 e. The first-order valence-corrected chi connectivity index (χ1v) is 30.9. The van der Waals surface area contributed by atoms with Crippen molar-refractivity contribution in [2.45, 2.75) is 325 Å². The molecule has 2 rings (SSSR count). The lowest BCUT2D eigenvalue weighted by atomic mass is 9.98. The zero-order chi connectivity index (χ0) is 54.4. The molecule has 11 atom stereocenters. The Hall–Kier alpha value is -1.53. The standard InChI is InChI=1S/C61H114O14/c1-3-5-7-9-11-13-15-17-19-21-23-24-25-26-27-28-30-32-34-36-38-40-42-44-53(63)73-50(47-70-45-43-41-39-37-35-33-31-29-22-20-18-16-14-12-10-8-6-4-2)48-71-60-59(69)57(67)55(65)52(75-60)49-72-61-58(68)56(66)54(64)51(46-62)74-61/h18,20-21,23,50-52,54-62,64-69H,3-17,19,22,24-49H2,1-2H3/b20-18-,23-21-. The zero-order valence-electron chi connectivity index (χ0n) is 47.6. The molecule has 2 heterocycles. The van der Waals surface area contributed by atoms with E-state index in [1.54, 1.807) is 0 Å². The molecule has 2 fully saturated rings. The number of esters is 1. The van der Waals surface area contributed by atoms with E-state index in [9.17, 15) is 40.5 Å². The molecule has 0 spiro atoms. The highest BCUT2D eigenvalue weighted by atomic mass is 16.7. The predicted octanol–water partition coefficient (Wildman–Crippen LogP) is 11.5. The molecule has 0 aromatic heterocycles. The number of rotatable bonds is 51. The Morgan fingerprint density at radius 1 is 0.427 bits per heavy atom. The summed E-state index contributed by atoms with van der Waals surface area (Å²) in [5.41, 5.74) is 0. The van der Waals surface area contributed by atoms with Crippen LogP contribution in [0.2, 0.25) is 0 Å². The molecule has 0 amide bonds. The minimum atomic E-state index is -1.71. The van der Waals surface area contributed by atoms with E-state index in [-0.39, 0.29) is 25.6 Å². The Morgan fingerprint density at radius 3 is 1.21 bits per heavy atom. The first-order valence-electron chi connectivity index (χ1n) is 30.9. The van der Waals surface area contributed by atoms with Gasteiger partial charge in [0.05, 0.1) is 26.4 Å². The number of unbranched alkanes of at least 4 members (excludes halogenated alkanes) is 33. The second kappa shape index (κ2) is 48.4. The summed E-state index contributed by atoms with van der Waals surface area (Å²) in [6.07, 6.45) is 39.5. The van der Waals surface area contributed by atoms with Gasteiger partial charge < -0.3 is 64.2 Å². The fraction of sp³-hybridized carbons (Fsp3) is 0.918. The number of hydrogen-bond acceptors (Lipinski definition) is 14. The van der Waals surface area contributed by atoms with Crippen LogP contribution < -0.4 is 0 Å². The molecule has 7 N–H and O–H groups in total. The van der Waals surface area contributed by atoms with Crippen molar-refractivity contribution >= 4 is 5.97 Å². The first-order chi connectivity index (χ1) is 36.6. The normalized spacial score (nSPS) is 24.7. The van der Waals surface area contributed by atoms with Gasteiger partial charge in [-0.2, -0.15) is 0 Å². The van der Waals surface area contributed by atoms with Crippen LogP contribution in [0, 0.1) is 0 Å². The fourth-order valence-electron chi connectivity index (χ4n) is 9.92. The monoisotopic (exact) mass is 1070 g/mol. The third kappa shape index (κ3) is 35.0. The van der Waals surface area contributed by atoms with Gasteiger partial charge in [0.25, 0.3) is 0 Å². The molecule has 0 saturated carbocycles. The number of ether oxygens (including phenoxy) is 6. The Labute approximate surface area is 456 Å². The van der Waals surface area contributed by atoms with E-state index < -0.39 is 80.7 Å². The van der Waals surface area contributed by atoms with Crippen molar-refractivity contribution in [1.29, 1.82) is 0 Å². The lowest BCUT2D eigenvalue weighted by Crippen LogP contribution is -2.61. The Kier molecular flexibility index (Phi) is 44.9. The summed E-state index contributed by atoms with van der Waals surface area (Å²) in [5.74, 6) is -0.373. The summed E-state index contributed by atoms with van der Waals surface area (Å²) < 4.78 is 34.4. The molecule has 0 aromatic rings. The quantitative estimate of drug-likeness (QED) is 0.0172. The average molecular weight is 1070 g/mol. The van der Waals surface area contributed by atoms with Crippen molar-refractivity contribution in [3.8, 4) is 0 Å². The molecular formula is C61H114O14. The van der Waals surface area contributed by atoms with E-state index >= 15 is 0 Å². The van der Waals surface area contributed by atoms with Gasteiger partial charge in [-0.05, 0) is 64.2 Å². The van der Waals surface area contributed by atoms with Crippen molar-refractivity contribution in [2.24, 2.45) is 0 Å². The molecule has 11 unspecified atom stereocenters. The third-order valence-corrected chi connectivity index (χ3v) is 14.9. The van der Waals surface area contributed by atoms with Crippen LogP contribution in [-0.2, 0) is 33.2 Å². The van der Waals surface area contributed by atoms with E-state index in [4.69, 9.17) is 28.4 Å². The molecule has 0 aliphatic carbocycles. The third-order valence-electron chi connectivity index (χ3n) is 14.9. The van der Waals surface area contributed by atoms with E-state index in [1.807, 2.05) is 0 Å². The lowest BCUT2D eigenvalue weighted by Gasteiger charge is -2.42. The minimum absolute atomic E-state index is 0.0627. The molecule has 75 heavy (non-hydrogen) atoms. The topological polar surface area (TPSA) is 214 Å². The summed E-state index contributed by atoms with van der Waals surface area (Å²) in [4.78, 5) is 13.1. The molecule has 442 valence electrons. The van der Waals surface area contributed by atoms with Crippen LogP contribution in [0.1, 0.15) is 258 Å². The highest BCUT2D eigenvalue weighted by Gasteiger charge is 2.47.